The first-order valence-corrected chi connectivity index (χ1v) is 8.57. The fraction of sp³-hybridized carbons (Fsp3) is 0.0833. The largest absolute Gasteiger partial charge is 0.267 e. The average molecular weight is 357 g/mol. The van der Waals surface area contributed by atoms with Crippen LogP contribution in [0.2, 0.25) is 0 Å². The van der Waals surface area contributed by atoms with Gasteiger partial charge in [0, 0.05) is 9.35 Å². The van der Waals surface area contributed by atoms with E-state index in [2.05, 4.69) is 20.9 Å². The molecule has 19 heavy (non-hydrogen) atoms. The van der Waals surface area contributed by atoms with Crippen LogP contribution in [0.1, 0.15) is 4.88 Å². The summed E-state index contributed by atoms with van der Waals surface area (Å²) in [4.78, 5) is 5.40. The molecular formula is C12H9BrN2O2S2. The van der Waals surface area contributed by atoms with Crippen molar-refractivity contribution < 1.29 is 8.42 Å². The molecule has 2 heterocycles. The van der Waals surface area contributed by atoms with Crippen molar-refractivity contribution in [1.82, 2.24) is 4.31 Å². The standard InChI is InChI=1S/C12H9BrN2O2S2/c13-9-5-6-18-11(9)7-15-8-14-10-3-1-2-4-12(10)19(15,16)17/h1-6,8H,7H2. The zero-order valence-corrected chi connectivity index (χ0v) is 12.9. The van der Waals surface area contributed by atoms with Crippen LogP contribution in [-0.4, -0.2) is 19.1 Å². The van der Waals surface area contributed by atoms with Crippen LogP contribution in [0, 0.1) is 0 Å². The summed E-state index contributed by atoms with van der Waals surface area (Å²) in [7, 11) is -3.51. The Balaban J connectivity index is 2.01. The normalized spacial score (nSPS) is 16.4. The molecule has 1 aliphatic heterocycles. The van der Waals surface area contributed by atoms with E-state index in [1.165, 1.54) is 22.0 Å². The summed E-state index contributed by atoms with van der Waals surface area (Å²) in [6.45, 7) is 0.290. The molecule has 0 radical (unpaired) electrons. The van der Waals surface area contributed by atoms with Crippen LogP contribution in [0.5, 0.6) is 0 Å². The van der Waals surface area contributed by atoms with Crippen LogP contribution in [0.4, 0.5) is 5.69 Å². The topological polar surface area (TPSA) is 49.7 Å². The first-order chi connectivity index (χ1) is 9.09. The highest BCUT2D eigenvalue weighted by atomic mass is 79.9. The number of thiophene rings is 1. The Morgan fingerprint density at radius 2 is 2.05 bits per heavy atom. The van der Waals surface area contributed by atoms with Gasteiger partial charge in [-0.2, -0.15) is 0 Å². The minimum atomic E-state index is -3.51. The molecule has 0 N–H and O–H groups in total. The molecule has 0 fully saturated rings. The quantitative estimate of drug-likeness (QED) is 0.827. The van der Waals surface area contributed by atoms with Gasteiger partial charge in [0.25, 0.3) is 10.0 Å². The zero-order valence-electron chi connectivity index (χ0n) is 9.65. The Bertz CT molecular complexity index is 753. The lowest BCUT2D eigenvalue weighted by atomic mass is 10.3. The molecule has 0 saturated carbocycles. The van der Waals surface area contributed by atoms with Crippen molar-refractivity contribution >= 4 is 49.3 Å². The fourth-order valence-electron chi connectivity index (χ4n) is 1.80. The van der Waals surface area contributed by atoms with Gasteiger partial charge in [0.15, 0.2) is 0 Å². The van der Waals surface area contributed by atoms with Gasteiger partial charge >= 0.3 is 0 Å². The van der Waals surface area contributed by atoms with Gasteiger partial charge in [-0.1, -0.05) is 12.1 Å². The summed E-state index contributed by atoms with van der Waals surface area (Å²) in [6, 6.07) is 8.66. The second-order valence-electron chi connectivity index (χ2n) is 3.95. The zero-order chi connectivity index (χ0) is 13.5. The highest BCUT2D eigenvalue weighted by Crippen LogP contribution is 2.32. The molecule has 0 aliphatic carbocycles. The highest BCUT2D eigenvalue weighted by molar-refractivity contribution is 9.10. The molecule has 4 nitrogen and oxygen atoms in total. The molecule has 0 amide bonds. The van der Waals surface area contributed by atoms with Gasteiger partial charge in [0.1, 0.15) is 11.2 Å². The molecular weight excluding hydrogens is 348 g/mol. The van der Waals surface area contributed by atoms with E-state index in [0.717, 1.165) is 9.35 Å². The first-order valence-electron chi connectivity index (χ1n) is 5.46. The minimum Gasteiger partial charge on any atom is -0.251 e. The summed E-state index contributed by atoms with van der Waals surface area (Å²) in [5, 5.41) is 1.92. The number of aliphatic imine (C=N–C) groups is 1. The smallest absolute Gasteiger partial charge is 0.251 e. The van der Waals surface area contributed by atoms with Crippen LogP contribution < -0.4 is 0 Å². The van der Waals surface area contributed by atoms with Gasteiger partial charge < -0.3 is 0 Å². The van der Waals surface area contributed by atoms with Crippen molar-refractivity contribution in [3.05, 3.63) is 45.1 Å². The molecule has 0 unspecified atom stereocenters. The second kappa shape index (κ2) is 4.73. The molecule has 0 atom stereocenters. The number of rotatable bonds is 2. The van der Waals surface area contributed by atoms with Gasteiger partial charge in [-0.05, 0) is 39.5 Å². The van der Waals surface area contributed by atoms with E-state index in [1.54, 1.807) is 24.3 Å². The lowest BCUT2D eigenvalue weighted by molar-refractivity contribution is 0.523. The number of fused-ring (bicyclic) bond motifs is 1. The average Bonchev–Trinajstić information content (AvgIpc) is 2.79. The van der Waals surface area contributed by atoms with Crippen LogP contribution in [-0.2, 0) is 16.6 Å². The third-order valence-electron chi connectivity index (χ3n) is 2.77. The lowest BCUT2D eigenvalue weighted by Crippen LogP contribution is -2.31. The number of sulfonamides is 1. The van der Waals surface area contributed by atoms with Gasteiger partial charge in [-0.3, -0.25) is 4.31 Å². The maximum absolute atomic E-state index is 12.5. The van der Waals surface area contributed by atoms with E-state index in [-0.39, 0.29) is 4.90 Å². The predicted octanol–water partition coefficient (Wildman–Crippen LogP) is 3.37. The number of hydrogen-bond donors (Lipinski definition) is 0. The third kappa shape index (κ3) is 2.22. The van der Waals surface area contributed by atoms with Crippen LogP contribution in [0.15, 0.2) is 50.1 Å². The molecule has 7 heteroatoms. The Labute approximate surface area is 123 Å². The molecule has 98 valence electrons. The molecule has 0 spiro atoms. The van der Waals surface area contributed by atoms with E-state index >= 15 is 0 Å². The number of benzene rings is 1. The number of para-hydroxylation sites is 1. The Morgan fingerprint density at radius 3 is 2.79 bits per heavy atom. The van der Waals surface area contributed by atoms with Crippen LogP contribution in [0.25, 0.3) is 0 Å². The van der Waals surface area contributed by atoms with Gasteiger partial charge in [0.2, 0.25) is 0 Å². The minimum absolute atomic E-state index is 0.255. The van der Waals surface area contributed by atoms with Gasteiger partial charge in [-0.25, -0.2) is 13.4 Å². The number of nitrogens with zero attached hydrogens (tertiary/aromatic N) is 2. The van der Waals surface area contributed by atoms with E-state index in [4.69, 9.17) is 0 Å². The van der Waals surface area contributed by atoms with Crippen molar-refractivity contribution in [3.8, 4) is 0 Å². The molecule has 2 aromatic rings. The third-order valence-corrected chi connectivity index (χ3v) is 6.42. The molecule has 0 saturated heterocycles. The molecule has 1 aromatic heterocycles. The Morgan fingerprint density at radius 1 is 1.26 bits per heavy atom. The predicted molar refractivity (Wildman–Crippen MR) is 79.3 cm³/mol. The van der Waals surface area contributed by atoms with E-state index in [1.807, 2.05) is 11.4 Å². The van der Waals surface area contributed by atoms with E-state index < -0.39 is 10.0 Å². The summed E-state index contributed by atoms with van der Waals surface area (Å²) < 4.78 is 27.1. The summed E-state index contributed by atoms with van der Waals surface area (Å²) in [5.41, 5.74) is 0.490. The van der Waals surface area contributed by atoms with Crippen LogP contribution >= 0.6 is 27.3 Å². The summed E-state index contributed by atoms with van der Waals surface area (Å²) in [5.74, 6) is 0. The van der Waals surface area contributed by atoms with Crippen molar-refractivity contribution in [3.63, 3.8) is 0 Å². The molecule has 1 aromatic carbocycles. The lowest BCUT2D eigenvalue weighted by Gasteiger charge is -2.23. The highest BCUT2D eigenvalue weighted by Gasteiger charge is 2.28. The first kappa shape index (κ1) is 12.8. The van der Waals surface area contributed by atoms with Crippen LogP contribution in [0.3, 0.4) is 0 Å². The SMILES string of the molecule is O=S1(=O)c2ccccc2N=CN1Cc1sccc1Br. The van der Waals surface area contributed by atoms with E-state index in [0.29, 0.717) is 12.2 Å². The fourth-order valence-corrected chi connectivity index (χ4v) is 4.72. The maximum Gasteiger partial charge on any atom is 0.267 e. The van der Waals surface area contributed by atoms with E-state index in [9.17, 15) is 8.42 Å². The Hall–Kier alpha value is -1.18. The summed E-state index contributed by atoms with van der Waals surface area (Å²) >= 11 is 4.92. The number of hydrogen-bond acceptors (Lipinski definition) is 4. The Kier molecular flexibility index (Phi) is 3.20. The van der Waals surface area contributed by atoms with Gasteiger partial charge in [0.05, 0.1) is 12.2 Å². The van der Waals surface area contributed by atoms with Crippen molar-refractivity contribution in [1.29, 1.82) is 0 Å². The maximum atomic E-state index is 12.5. The van der Waals surface area contributed by atoms with Crippen molar-refractivity contribution in [2.75, 3.05) is 0 Å². The monoisotopic (exact) mass is 356 g/mol. The second-order valence-corrected chi connectivity index (χ2v) is 7.67. The summed E-state index contributed by atoms with van der Waals surface area (Å²) in [6.07, 6.45) is 1.38. The number of halogens is 1. The van der Waals surface area contributed by atoms with Gasteiger partial charge in [-0.15, -0.1) is 11.3 Å². The van der Waals surface area contributed by atoms with Crippen molar-refractivity contribution in [2.45, 2.75) is 11.4 Å². The molecule has 3 rings (SSSR count). The molecule has 1 aliphatic rings. The molecule has 0 bridgehead atoms. The van der Waals surface area contributed by atoms with Crippen molar-refractivity contribution in [2.24, 2.45) is 4.99 Å².